The van der Waals surface area contributed by atoms with Gasteiger partial charge in [-0.05, 0) is 34.4 Å². The van der Waals surface area contributed by atoms with Gasteiger partial charge in [-0.2, -0.15) is 0 Å². The molecule has 2 aromatic heterocycles. The summed E-state index contributed by atoms with van der Waals surface area (Å²) in [6.45, 7) is 0. The highest BCUT2D eigenvalue weighted by molar-refractivity contribution is 6.15. The Morgan fingerprint density at radius 2 is 1.24 bits per heavy atom. The Morgan fingerprint density at radius 1 is 0.690 bits per heavy atom. The number of fused-ring (bicyclic) bond motifs is 3. The summed E-state index contributed by atoms with van der Waals surface area (Å²) in [6, 6.07) is 24.8. The molecule has 0 saturated heterocycles. The number of hydrogen-bond acceptors (Lipinski definition) is 4. The van der Waals surface area contributed by atoms with Crippen LogP contribution in [0.1, 0.15) is 0 Å². The lowest BCUT2D eigenvalue weighted by Gasteiger charge is -2.11. The van der Waals surface area contributed by atoms with E-state index in [-0.39, 0.29) is 10.6 Å². The molecule has 0 unspecified atom stereocenters. The number of non-ortho nitro benzene ring substituents is 1. The molecule has 0 saturated carbocycles. The van der Waals surface area contributed by atoms with Gasteiger partial charge in [0.25, 0.3) is 5.69 Å². The molecule has 0 radical (unpaired) electrons. The van der Waals surface area contributed by atoms with Crippen molar-refractivity contribution in [3.63, 3.8) is 0 Å². The van der Waals surface area contributed by atoms with E-state index in [4.69, 9.17) is 0 Å². The number of benzene rings is 3. The molecule has 0 amide bonds. The van der Waals surface area contributed by atoms with Gasteiger partial charge in [-0.25, -0.2) is 0 Å². The number of nitro groups is 1. The number of pyridine rings is 2. The first-order valence-corrected chi connectivity index (χ1v) is 9.20. The molecule has 138 valence electrons. The van der Waals surface area contributed by atoms with Crippen LogP contribution in [0.3, 0.4) is 0 Å². The van der Waals surface area contributed by atoms with Crippen molar-refractivity contribution >= 4 is 27.5 Å². The molecule has 0 atom stereocenters. The molecule has 0 aliphatic heterocycles. The second kappa shape index (κ2) is 6.80. The zero-order valence-electron chi connectivity index (χ0n) is 15.3. The standard InChI is InChI=1S/C24H15N3O2/c28-27(29)21-15-20-18(16-7-3-1-4-8-16)11-13-25-23(20)24-22(21)19(12-14-26-24)17-9-5-2-6-10-17/h1-15H. The second-order valence-corrected chi connectivity index (χ2v) is 6.72. The first kappa shape index (κ1) is 17.0. The number of hydrogen-bond donors (Lipinski definition) is 0. The van der Waals surface area contributed by atoms with Crippen LogP contribution in [0.2, 0.25) is 0 Å². The molecular weight excluding hydrogens is 362 g/mol. The van der Waals surface area contributed by atoms with Crippen LogP contribution in [-0.4, -0.2) is 14.9 Å². The summed E-state index contributed by atoms with van der Waals surface area (Å²) in [6.07, 6.45) is 3.41. The first-order valence-electron chi connectivity index (χ1n) is 9.20. The Kier molecular flexibility index (Phi) is 3.99. The molecule has 5 rings (SSSR count). The summed E-state index contributed by atoms with van der Waals surface area (Å²) in [5, 5.41) is 13.3. The van der Waals surface area contributed by atoms with E-state index in [1.165, 1.54) is 0 Å². The molecule has 29 heavy (non-hydrogen) atoms. The van der Waals surface area contributed by atoms with Gasteiger partial charge in [0.05, 0.1) is 15.8 Å². The van der Waals surface area contributed by atoms with Crippen molar-refractivity contribution in [3.05, 3.63) is 101 Å². The van der Waals surface area contributed by atoms with E-state index < -0.39 is 0 Å². The topological polar surface area (TPSA) is 68.9 Å². The predicted octanol–water partition coefficient (Wildman–Crippen LogP) is 6.03. The molecule has 0 N–H and O–H groups in total. The molecule has 0 aliphatic carbocycles. The van der Waals surface area contributed by atoms with Gasteiger partial charge >= 0.3 is 0 Å². The summed E-state index contributed by atoms with van der Waals surface area (Å²) in [5.74, 6) is 0. The Bertz CT molecular complexity index is 1370. The molecule has 5 heteroatoms. The van der Waals surface area contributed by atoms with Crippen LogP contribution < -0.4 is 0 Å². The van der Waals surface area contributed by atoms with Crippen molar-refractivity contribution in [2.75, 3.05) is 0 Å². The van der Waals surface area contributed by atoms with Gasteiger partial charge < -0.3 is 0 Å². The van der Waals surface area contributed by atoms with Gasteiger partial charge in [-0.15, -0.1) is 0 Å². The highest BCUT2D eigenvalue weighted by Crippen LogP contribution is 2.40. The Balaban J connectivity index is 1.94. The second-order valence-electron chi connectivity index (χ2n) is 6.72. The number of nitrogens with zero attached hydrogens (tertiary/aromatic N) is 3. The molecule has 0 bridgehead atoms. The number of aromatic nitrogens is 2. The number of nitro benzene ring substituents is 1. The third kappa shape index (κ3) is 2.80. The van der Waals surface area contributed by atoms with Crippen molar-refractivity contribution in [2.45, 2.75) is 0 Å². The quantitative estimate of drug-likeness (QED) is 0.219. The van der Waals surface area contributed by atoms with E-state index in [1.54, 1.807) is 18.5 Å². The lowest BCUT2D eigenvalue weighted by Crippen LogP contribution is -1.96. The van der Waals surface area contributed by atoms with Crippen molar-refractivity contribution in [2.24, 2.45) is 0 Å². The van der Waals surface area contributed by atoms with Crippen molar-refractivity contribution in [3.8, 4) is 22.3 Å². The zero-order valence-corrected chi connectivity index (χ0v) is 15.3. The molecule has 3 aromatic carbocycles. The summed E-state index contributed by atoms with van der Waals surface area (Å²) in [7, 11) is 0. The monoisotopic (exact) mass is 377 g/mol. The SMILES string of the molecule is O=[N+]([O-])c1cc2c(-c3ccccc3)ccnc2c2nccc(-c3ccccc3)c12. The lowest BCUT2D eigenvalue weighted by molar-refractivity contribution is -0.382. The minimum Gasteiger partial charge on any atom is -0.258 e. The van der Waals surface area contributed by atoms with Crippen molar-refractivity contribution in [1.29, 1.82) is 0 Å². The van der Waals surface area contributed by atoms with Crippen molar-refractivity contribution in [1.82, 2.24) is 9.97 Å². The maximum absolute atomic E-state index is 12.0. The van der Waals surface area contributed by atoms with Gasteiger partial charge in [-0.3, -0.25) is 20.1 Å². The van der Waals surface area contributed by atoms with E-state index in [2.05, 4.69) is 9.97 Å². The van der Waals surface area contributed by atoms with E-state index in [0.29, 0.717) is 16.4 Å². The van der Waals surface area contributed by atoms with Crippen LogP contribution in [0.15, 0.2) is 91.3 Å². The van der Waals surface area contributed by atoms with Crippen LogP contribution in [0.25, 0.3) is 44.1 Å². The molecule has 0 aliphatic rings. The summed E-state index contributed by atoms with van der Waals surface area (Å²) in [4.78, 5) is 20.8. The predicted molar refractivity (Wildman–Crippen MR) is 115 cm³/mol. The van der Waals surface area contributed by atoms with E-state index in [1.807, 2.05) is 72.8 Å². The first-order chi connectivity index (χ1) is 14.2. The van der Waals surface area contributed by atoms with Crippen LogP contribution in [0.4, 0.5) is 5.69 Å². The molecule has 5 aromatic rings. The average Bonchev–Trinajstić information content (AvgIpc) is 2.78. The summed E-state index contributed by atoms with van der Waals surface area (Å²) in [5.41, 5.74) is 4.78. The molecule has 0 spiro atoms. The van der Waals surface area contributed by atoms with Gasteiger partial charge in [0.2, 0.25) is 0 Å². The minimum absolute atomic E-state index is 0.0321. The largest absolute Gasteiger partial charge is 0.280 e. The third-order valence-corrected chi connectivity index (χ3v) is 5.07. The van der Waals surface area contributed by atoms with Crippen molar-refractivity contribution < 1.29 is 4.92 Å². The van der Waals surface area contributed by atoms with Crippen LogP contribution in [-0.2, 0) is 0 Å². The third-order valence-electron chi connectivity index (χ3n) is 5.07. The van der Waals surface area contributed by atoms with Gasteiger partial charge in [0, 0.05) is 23.8 Å². The van der Waals surface area contributed by atoms with Crippen LogP contribution in [0, 0.1) is 10.1 Å². The molecule has 2 heterocycles. The normalized spacial score (nSPS) is 11.0. The zero-order chi connectivity index (χ0) is 19.8. The molecular formula is C24H15N3O2. The minimum atomic E-state index is -0.336. The highest BCUT2D eigenvalue weighted by Gasteiger charge is 2.22. The van der Waals surface area contributed by atoms with Gasteiger partial charge in [0.15, 0.2) is 0 Å². The van der Waals surface area contributed by atoms with Gasteiger partial charge in [-0.1, -0.05) is 60.7 Å². The maximum Gasteiger partial charge on any atom is 0.280 e. The van der Waals surface area contributed by atoms with Crippen LogP contribution >= 0.6 is 0 Å². The Labute approximate surface area is 166 Å². The fourth-order valence-electron chi connectivity index (χ4n) is 3.79. The van der Waals surface area contributed by atoms with E-state index in [0.717, 1.165) is 27.6 Å². The fraction of sp³-hybridized carbons (Fsp3) is 0. The lowest BCUT2D eigenvalue weighted by atomic mass is 9.95. The summed E-state index contributed by atoms with van der Waals surface area (Å²) >= 11 is 0. The van der Waals surface area contributed by atoms with Gasteiger partial charge in [0.1, 0.15) is 5.52 Å². The Morgan fingerprint density at radius 3 is 1.86 bits per heavy atom. The van der Waals surface area contributed by atoms with E-state index in [9.17, 15) is 10.1 Å². The summed E-state index contributed by atoms with van der Waals surface area (Å²) < 4.78 is 0. The average molecular weight is 377 g/mol. The highest BCUT2D eigenvalue weighted by atomic mass is 16.6. The molecule has 0 fully saturated rings. The van der Waals surface area contributed by atoms with E-state index >= 15 is 0 Å². The fourth-order valence-corrected chi connectivity index (χ4v) is 3.79. The smallest absolute Gasteiger partial charge is 0.258 e. The Hall–Kier alpha value is -4.12. The molecule has 5 nitrogen and oxygen atoms in total. The van der Waals surface area contributed by atoms with Crippen LogP contribution in [0.5, 0.6) is 0 Å². The number of rotatable bonds is 3. The maximum atomic E-state index is 12.0.